The lowest BCUT2D eigenvalue weighted by Gasteiger charge is -2.33. The Labute approximate surface area is 118 Å². The number of benzene rings is 1. The van der Waals surface area contributed by atoms with Crippen LogP contribution in [0.3, 0.4) is 0 Å². The fourth-order valence-electron chi connectivity index (χ4n) is 2.31. The molecule has 1 saturated heterocycles. The van der Waals surface area contributed by atoms with Gasteiger partial charge in [-0.3, -0.25) is 10.6 Å². The number of hydrogen-bond donors (Lipinski definition) is 3. The van der Waals surface area contributed by atoms with Gasteiger partial charge in [0.25, 0.3) is 0 Å². The minimum absolute atomic E-state index is 0.0793. The maximum atomic E-state index is 12.7. The minimum atomic E-state index is -3.77. The van der Waals surface area contributed by atoms with Crippen LogP contribution >= 0.6 is 0 Å². The van der Waals surface area contributed by atoms with Gasteiger partial charge in [0.15, 0.2) is 0 Å². The van der Waals surface area contributed by atoms with E-state index in [-0.39, 0.29) is 17.3 Å². The first kappa shape index (κ1) is 14.8. The molecule has 0 saturated carbocycles. The summed E-state index contributed by atoms with van der Waals surface area (Å²) in [4.78, 5) is 11.9. The van der Waals surface area contributed by atoms with E-state index in [1.54, 1.807) is 25.1 Å². The molecule has 0 spiro atoms. The third kappa shape index (κ3) is 2.49. The third-order valence-electron chi connectivity index (χ3n) is 3.30. The molecule has 1 heterocycles. The molecule has 1 fully saturated rings. The highest BCUT2D eigenvalue weighted by atomic mass is 32.2. The molecule has 2 rings (SSSR count). The van der Waals surface area contributed by atoms with Crippen LogP contribution in [-0.4, -0.2) is 37.8 Å². The first-order chi connectivity index (χ1) is 9.52. The van der Waals surface area contributed by atoms with E-state index in [4.69, 9.17) is 5.84 Å². The second-order valence-electron chi connectivity index (χ2n) is 4.47. The normalized spacial score (nSPS) is 20.5. The maximum absolute atomic E-state index is 12.7. The van der Waals surface area contributed by atoms with E-state index in [1.165, 1.54) is 10.4 Å². The molecule has 1 unspecified atom stereocenters. The van der Waals surface area contributed by atoms with E-state index in [9.17, 15) is 13.2 Å². The molecule has 1 aliphatic rings. The van der Waals surface area contributed by atoms with Crippen molar-refractivity contribution in [3.05, 3.63) is 24.3 Å². The highest BCUT2D eigenvalue weighted by molar-refractivity contribution is 7.89. The molecule has 4 N–H and O–H groups in total. The Morgan fingerprint density at radius 2 is 2.15 bits per heavy atom. The molecular formula is C12H18N4O3S. The predicted octanol–water partition coefficient (Wildman–Crippen LogP) is -0.129. The van der Waals surface area contributed by atoms with Crippen molar-refractivity contribution in [1.82, 2.24) is 9.62 Å². The van der Waals surface area contributed by atoms with Crippen molar-refractivity contribution >= 4 is 21.6 Å². The number of amides is 1. The van der Waals surface area contributed by atoms with E-state index < -0.39 is 16.1 Å². The number of carbonyl (C=O) groups excluding carboxylic acids is 1. The Kier molecular flexibility index (Phi) is 4.26. The Morgan fingerprint density at radius 1 is 1.45 bits per heavy atom. The minimum Gasteiger partial charge on any atom is -0.353 e. The average molecular weight is 298 g/mol. The monoisotopic (exact) mass is 298 g/mol. The number of carbonyl (C=O) groups is 1. The molecule has 1 amide bonds. The summed E-state index contributed by atoms with van der Waals surface area (Å²) in [6.07, 6.45) is 0.420. The Bertz CT molecular complexity index is 602. The first-order valence-corrected chi connectivity index (χ1v) is 7.81. The summed E-state index contributed by atoms with van der Waals surface area (Å²) in [5.74, 6) is 5.10. The van der Waals surface area contributed by atoms with Crippen LogP contribution in [0.1, 0.15) is 13.3 Å². The van der Waals surface area contributed by atoms with Crippen molar-refractivity contribution in [2.45, 2.75) is 24.3 Å². The number of nitrogens with one attached hydrogen (secondary N) is 2. The van der Waals surface area contributed by atoms with Crippen LogP contribution in [0.15, 0.2) is 29.2 Å². The molecule has 7 nitrogen and oxygen atoms in total. The van der Waals surface area contributed by atoms with Gasteiger partial charge in [0.1, 0.15) is 10.9 Å². The largest absolute Gasteiger partial charge is 0.353 e. The number of piperazine rings is 1. The fourth-order valence-corrected chi connectivity index (χ4v) is 4.13. The van der Waals surface area contributed by atoms with Gasteiger partial charge in [-0.05, 0) is 18.6 Å². The van der Waals surface area contributed by atoms with Crippen molar-refractivity contribution in [3.63, 3.8) is 0 Å². The van der Waals surface area contributed by atoms with Gasteiger partial charge < -0.3 is 10.7 Å². The maximum Gasteiger partial charge on any atom is 0.245 e. The number of anilines is 1. The lowest BCUT2D eigenvalue weighted by molar-refractivity contribution is -0.126. The van der Waals surface area contributed by atoms with E-state index in [1.807, 2.05) is 0 Å². The third-order valence-corrected chi connectivity index (χ3v) is 5.26. The van der Waals surface area contributed by atoms with E-state index in [2.05, 4.69) is 10.7 Å². The van der Waals surface area contributed by atoms with Crippen molar-refractivity contribution < 1.29 is 13.2 Å². The molecule has 20 heavy (non-hydrogen) atoms. The van der Waals surface area contributed by atoms with Crippen molar-refractivity contribution in [3.8, 4) is 0 Å². The lowest BCUT2D eigenvalue weighted by atomic mass is 10.2. The highest BCUT2D eigenvalue weighted by Gasteiger charge is 2.38. The summed E-state index contributed by atoms with van der Waals surface area (Å²) in [6.45, 7) is 2.35. The Balaban J connectivity index is 2.46. The number of nitrogen functional groups attached to an aromatic ring is 1. The van der Waals surface area contributed by atoms with Crippen LogP contribution in [0, 0.1) is 0 Å². The molecule has 1 aromatic carbocycles. The molecule has 0 bridgehead atoms. The van der Waals surface area contributed by atoms with Gasteiger partial charge in [0.2, 0.25) is 15.9 Å². The van der Waals surface area contributed by atoms with Crippen LogP contribution in [0.2, 0.25) is 0 Å². The summed E-state index contributed by atoms with van der Waals surface area (Å²) in [5.41, 5.74) is 2.69. The molecule has 0 aromatic heterocycles. The standard InChI is InChI=1S/C12H18N4O3S/c1-2-10-12(17)14-7-8-16(10)20(18,19)11-6-4-3-5-9(11)15-13/h3-6,10,15H,2,7-8,13H2,1H3,(H,14,17). The SMILES string of the molecule is CCC1C(=O)NCCN1S(=O)(=O)c1ccccc1NN. The van der Waals surface area contributed by atoms with Crippen molar-refractivity contribution in [1.29, 1.82) is 0 Å². The van der Waals surface area contributed by atoms with Gasteiger partial charge in [-0.1, -0.05) is 19.1 Å². The zero-order valence-electron chi connectivity index (χ0n) is 11.2. The number of nitrogens with two attached hydrogens (primary N) is 1. The molecule has 0 aliphatic carbocycles. The van der Waals surface area contributed by atoms with Crippen LogP contribution < -0.4 is 16.6 Å². The second kappa shape index (κ2) is 5.78. The van der Waals surface area contributed by atoms with Crippen molar-refractivity contribution in [2.24, 2.45) is 5.84 Å². The van der Waals surface area contributed by atoms with Gasteiger partial charge in [-0.2, -0.15) is 4.31 Å². The van der Waals surface area contributed by atoms with Crippen LogP contribution in [0.4, 0.5) is 5.69 Å². The van der Waals surface area contributed by atoms with Crippen molar-refractivity contribution in [2.75, 3.05) is 18.5 Å². The zero-order chi connectivity index (χ0) is 14.8. The summed E-state index contributed by atoms with van der Waals surface area (Å²) in [7, 11) is -3.77. The molecule has 8 heteroatoms. The van der Waals surface area contributed by atoms with Gasteiger partial charge in [0.05, 0.1) is 5.69 Å². The average Bonchev–Trinajstić information content (AvgIpc) is 2.46. The molecule has 1 aliphatic heterocycles. The Morgan fingerprint density at radius 3 is 2.80 bits per heavy atom. The number of rotatable bonds is 4. The first-order valence-electron chi connectivity index (χ1n) is 6.37. The summed E-state index contributed by atoms with van der Waals surface area (Å²) >= 11 is 0. The van der Waals surface area contributed by atoms with E-state index in [0.29, 0.717) is 18.7 Å². The second-order valence-corrected chi connectivity index (χ2v) is 6.33. The number of hydrazine groups is 1. The van der Waals surface area contributed by atoms with Crippen LogP contribution in [-0.2, 0) is 14.8 Å². The van der Waals surface area contributed by atoms with Crippen LogP contribution in [0.5, 0.6) is 0 Å². The zero-order valence-corrected chi connectivity index (χ0v) is 12.0. The van der Waals surface area contributed by atoms with Crippen LogP contribution in [0.25, 0.3) is 0 Å². The number of nitrogens with zero attached hydrogens (tertiary/aromatic N) is 1. The number of sulfonamides is 1. The van der Waals surface area contributed by atoms with Gasteiger partial charge in [-0.15, -0.1) is 0 Å². The molecule has 110 valence electrons. The summed E-state index contributed by atoms with van der Waals surface area (Å²) < 4.78 is 26.7. The smallest absolute Gasteiger partial charge is 0.245 e. The molecule has 0 radical (unpaired) electrons. The quantitative estimate of drug-likeness (QED) is 0.530. The number of para-hydroxylation sites is 1. The van der Waals surface area contributed by atoms with E-state index >= 15 is 0 Å². The summed E-state index contributed by atoms with van der Waals surface area (Å²) in [6, 6.07) is 5.69. The molecule has 1 atom stereocenters. The fraction of sp³-hybridized carbons (Fsp3) is 0.417. The van der Waals surface area contributed by atoms with Gasteiger partial charge >= 0.3 is 0 Å². The van der Waals surface area contributed by atoms with Gasteiger partial charge in [-0.25, -0.2) is 8.42 Å². The Hall–Kier alpha value is -1.64. The van der Waals surface area contributed by atoms with Gasteiger partial charge in [0, 0.05) is 13.1 Å². The molecular weight excluding hydrogens is 280 g/mol. The lowest BCUT2D eigenvalue weighted by Crippen LogP contribution is -2.56. The number of hydrogen-bond acceptors (Lipinski definition) is 5. The summed E-state index contributed by atoms with van der Waals surface area (Å²) in [5, 5.41) is 2.68. The topological polar surface area (TPSA) is 105 Å². The molecule has 1 aromatic rings. The predicted molar refractivity (Wildman–Crippen MR) is 75.2 cm³/mol. The highest BCUT2D eigenvalue weighted by Crippen LogP contribution is 2.26. The van der Waals surface area contributed by atoms with E-state index in [0.717, 1.165) is 0 Å².